The lowest BCUT2D eigenvalue weighted by molar-refractivity contribution is 0.233. The lowest BCUT2D eigenvalue weighted by atomic mass is 10.0. The number of anilines is 1. The number of halogens is 1. The summed E-state index contributed by atoms with van der Waals surface area (Å²) >= 11 is 0. The molecule has 0 spiro atoms. The second kappa shape index (κ2) is 4.29. The third kappa shape index (κ3) is 2.01. The number of nitrogens with zero attached hydrogens (tertiary/aromatic N) is 1. The van der Waals surface area contributed by atoms with E-state index in [1.807, 2.05) is 0 Å². The zero-order valence-corrected chi connectivity index (χ0v) is 9.77. The van der Waals surface area contributed by atoms with E-state index in [9.17, 15) is 4.39 Å². The Hall–Kier alpha value is -2.10. The van der Waals surface area contributed by atoms with Crippen molar-refractivity contribution in [1.82, 2.24) is 4.98 Å². The van der Waals surface area contributed by atoms with Crippen molar-refractivity contribution in [2.24, 2.45) is 0 Å². The van der Waals surface area contributed by atoms with Gasteiger partial charge in [-0.25, -0.2) is 4.39 Å². The van der Waals surface area contributed by atoms with Gasteiger partial charge >= 0.3 is 0 Å². The molecule has 92 valence electrons. The van der Waals surface area contributed by atoms with Crippen LogP contribution in [0.2, 0.25) is 0 Å². The van der Waals surface area contributed by atoms with Gasteiger partial charge in [0.1, 0.15) is 17.7 Å². The predicted molar refractivity (Wildman–Crippen MR) is 66.9 cm³/mol. The van der Waals surface area contributed by atoms with Gasteiger partial charge in [0.15, 0.2) is 0 Å². The lowest BCUT2D eigenvalue weighted by Crippen LogP contribution is -2.17. The zero-order valence-electron chi connectivity index (χ0n) is 9.77. The fraction of sp³-hybridized carbons (Fsp3) is 0.214. The highest BCUT2D eigenvalue weighted by Crippen LogP contribution is 2.31. The van der Waals surface area contributed by atoms with Gasteiger partial charge in [-0.15, -0.1) is 0 Å². The third-order valence-electron chi connectivity index (χ3n) is 3.15. The molecule has 1 unspecified atom stereocenters. The van der Waals surface area contributed by atoms with Gasteiger partial charge in [0.25, 0.3) is 0 Å². The molecule has 2 aromatic rings. The average molecular weight is 244 g/mol. The number of nitrogen functional groups attached to an aromatic ring is 1. The third-order valence-corrected chi connectivity index (χ3v) is 3.15. The Morgan fingerprint density at radius 2 is 2.28 bits per heavy atom. The molecule has 1 aliphatic heterocycles. The Balaban J connectivity index is 1.77. The van der Waals surface area contributed by atoms with Crippen LogP contribution in [0.25, 0.3) is 0 Å². The van der Waals surface area contributed by atoms with Crippen molar-refractivity contribution in [3.05, 3.63) is 53.6 Å². The van der Waals surface area contributed by atoms with Crippen LogP contribution in [0.1, 0.15) is 11.1 Å². The first kappa shape index (κ1) is 11.0. The van der Waals surface area contributed by atoms with Crippen LogP contribution in [0, 0.1) is 5.82 Å². The Labute approximate surface area is 104 Å². The van der Waals surface area contributed by atoms with Crippen molar-refractivity contribution < 1.29 is 9.13 Å². The van der Waals surface area contributed by atoms with E-state index in [-0.39, 0.29) is 11.9 Å². The van der Waals surface area contributed by atoms with Crippen molar-refractivity contribution in [3.8, 4) is 5.75 Å². The normalized spacial score (nSPS) is 17.3. The number of rotatable bonds is 2. The highest BCUT2D eigenvalue weighted by atomic mass is 19.1. The molecule has 0 bridgehead atoms. The Kier molecular flexibility index (Phi) is 2.63. The molecular formula is C14H13FN2O. The molecule has 3 rings (SSSR count). The molecule has 18 heavy (non-hydrogen) atoms. The Morgan fingerprint density at radius 3 is 3.11 bits per heavy atom. The number of nitrogens with two attached hydrogens (primary N) is 1. The molecule has 2 heterocycles. The highest BCUT2D eigenvalue weighted by Gasteiger charge is 2.24. The fourth-order valence-electron chi connectivity index (χ4n) is 2.26. The maximum Gasteiger partial charge on any atom is 0.123 e. The first-order valence-corrected chi connectivity index (χ1v) is 5.86. The summed E-state index contributed by atoms with van der Waals surface area (Å²) in [5.74, 6) is 0.544. The van der Waals surface area contributed by atoms with Crippen molar-refractivity contribution in [2.45, 2.75) is 18.9 Å². The van der Waals surface area contributed by atoms with E-state index in [0.29, 0.717) is 12.8 Å². The summed E-state index contributed by atoms with van der Waals surface area (Å²) in [6.07, 6.45) is 4.83. The fourth-order valence-corrected chi connectivity index (χ4v) is 2.26. The molecule has 1 aliphatic rings. The van der Waals surface area contributed by atoms with Crippen LogP contribution in [0.5, 0.6) is 5.75 Å². The van der Waals surface area contributed by atoms with Gasteiger partial charge in [-0.3, -0.25) is 4.98 Å². The van der Waals surface area contributed by atoms with E-state index in [1.165, 1.54) is 12.1 Å². The van der Waals surface area contributed by atoms with E-state index < -0.39 is 0 Å². The van der Waals surface area contributed by atoms with Crippen LogP contribution in [0.4, 0.5) is 10.1 Å². The van der Waals surface area contributed by atoms with Gasteiger partial charge in [0.05, 0.1) is 0 Å². The number of benzene rings is 1. The maximum absolute atomic E-state index is 13.1. The monoisotopic (exact) mass is 244 g/mol. The first-order chi connectivity index (χ1) is 8.72. The minimum absolute atomic E-state index is 0.00769. The van der Waals surface area contributed by atoms with Gasteiger partial charge in [-0.05, 0) is 29.8 Å². The predicted octanol–water partition coefficient (Wildman–Crippen LogP) is 2.35. The average Bonchev–Trinajstić information content (AvgIpc) is 2.73. The van der Waals surface area contributed by atoms with E-state index in [0.717, 1.165) is 22.6 Å². The molecule has 1 atom stereocenters. The summed E-state index contributed by atoms with van der Waals surface area (Å²) in [5.41, 5.74) is 8.48. The van der Waals surface area contributed by atoms with E-state index >= 15 is 0 Å². The molecule has 4 heteroatoms. The molecule has 0 amide bonds. The molecular weight excluding hydrogens is 231 g/mol. The van der Waals surface area contributed by atoms with Gasteiger partial charge in [0, 0.05) is 36.5 Å². The molecule has 1 aromatic heterocycles. The second-order valence-electron chi connectivity index (χ2n) is 4.47. The molecule has 2 N–H and O–H groups in total. The molecule has 3 nitrogen and oxygen atoms in total. The van der Waals surface area contributed by atoms with Crippen LogP contribution < -0.4 is 10.5 Å². The van der Waals surface area contributed by atoms with Crippen molar-refractivity contribution in [3.63, 3.8) is 0 Å². The van der Waals surface area contributed by atoms with Crippen LogP contribution in [-0.2, 0) is 12.8 Å². The minimum atomic E-state index is -0.223. The van der Waals surface area contributed by atoms with Gasteiger partial charge in [0.2, 0.25) is 0 Å². The van der Waals surface area contributed by atoms with Crippen LogP contribution in [0.3, 0.4) is 0 Å². The second-order valence-corrected chi connectivity index (χ2v) is 4.47. The first-order valence-electron chi connectivity index (χ1n) is 5.86. The van der Waals surface area contributed by atoms with E-state index in [2.05, 4.69) is 4.98 Å². The maximum atomic E-state index is 13.1. The number of hydrogen-bond donors (Lipinski definition) is 1. The summed E-state index contributed by atoms with van der Waals surface area (Å²) in [6.45, 7) is 0. The minimum Gasteiger partial charge on any atom is -0.489 e. The van der Waals surface area contributed by atoms with Crippen LogP contribution >= 0.6 is 0 Å². The molecule has 0 saturated carbocycles. The number of aromatic nitrogens is 1. The van der Waals surface area contributed by atoms with Crippen molar-refractivity contribution in [2.75, 3.05) is 5.73 Å². The van der Waals surface area contributed by atoms with Gasteiger partial charge < -0.3 is 10.5 Å². The van der Waals surface area contributed by atoms with Crippen LogP contribution in [0.15, 0.2) is 36.7 Å². The van der Waals surface area contributed by atoms with Gasteiger partial charge in [-0.1, -0.05) is 0 Å². The standard InChI is InChI=1S/C14H13FN2O/c15-11-1-2-14-9(5-11)6-12(18-14)7-10-8-17-4-3-13(10)16/h1-5,8,12H,6-7H2,(H2,16,17). The smallest absolute Gasteiger partial charge is 0.123 e. The highest BCUT2D eigenvalue weighted by molar-refractivity contribution is 5.45. The quantitative estimate of drug-likeness (QED) is 0.882. The van der Waals surface area contributed by atoms with Gasteiger partial charge in [-0.2, -0.15) is 0 Å². The van der Waals surface area contributed by atoms with E-state index in [1.54, 1.807) is 24.5 Å². The Bertz CT molecular complexity index is 586. The Morgan fingerprint density at radius 1 is 1.39 bits per heavy atom. The summed E-state index contributed by atoms with van der Waals surface area (Å²) in [6, 6.07) is 6.40. The summed E-state index contributed by atoms with van der Waals surface area (Å²) in [7, 11) is 0. The largest absolute Gasteiger partial charge is 0.489 e. The molecule has 0 aliphatic carbocycles. The van der Waals surface area contributed by atoms with E-state index in [4.69, 9.17) is 10.5 Å². The molecule has 1 aromatic carbocycles. The number of hydrogen-bond acceptors (Lipinski definition) is 3. The number of ether oxygens (including phenoxy) is 1. The number of pyridine rings is 1. The molecule has 0 radical (unpaired) electrons. The molecule has 0 fully saturated rings. The van der Waals surface area contributed by atoms with Crippen molar-refractivity contribution >= 4 is 5.69 Å². The lowest BCUT2D eigenvalue weighted by Gasteiger charge is -2.11. The summed E-state index contributed by atoms with van der Waals surface area (Å²) in [5, 5.41) is 0. The number of fused-ring (bicyclic) bond motifs is 1. The molecule has 0 saturated heterocycles. The van der Waals surface area contributed by atoms with Crippen LogP contribution in [-0.4, -0.2) is 11.1 Å². The summed E-state index contributed by atoms with van der Waals surface area (Å²) in [4.78, 5) is 4.06. The topological polar surface area (TPSA) is 48.1 Å². The summed E-state index contributed by atoms with van der Waals surface area (Å²) < 4.78 is 18.9. The SMILES string of the molecule is Nc1ccncc1CC1Cc2cc(F)ccc2O1. The van der Waals surface area contributed by atoms with Crippen molar-refractivity contribution in [1.29, 1.82) is 0 Å². The zero-order chi connectivity index (χ0) is 12.5.